The monoisotopic (exact) mass is 367 g/mol. The fraction of sp³-hybridized carbons (Fsp3) is 0.222. The molecule has 1 atom stereocenters. The minimum atomic E-state index is -0.225. The Hall–Kier alpha value is -2.93. The summed E-state index contributed by atoms with van der Waals surface area (Å²) in [6.45, 7) is 3.92. The van der Waals surface area contributed by atoms with Gasteiger partial charge in [-0.15, -0.1) is 6.58 Å². The Bertz CT molecular complexity index is 769. The Morgan fingerprint density at radius 3 is 1.57 bits per heavy atom. The number of rotatable bonds is 9. The highest BCUT2D eigenvalue weighted by atomic mass is 14.6. The third kappa shape index (κ3) is 4.31. The van der Waals surface area contributed by atoms with Gasteiger partial charge in [0.05, 0.1) is 0 Å². The Balaban J connectivity index is 2.22. The molecule has 1 unspecified atom stereocenters. The maximum Gasteiger partial charge on any atom is 0.0457 e. The lowest BCUT2D eigenvalue weighted by Crippen LogP contribution is -2.32. The highest BCUT2D eigenvalue weighted by Gasteiger charge is 2.37. The summed E-state index contributed by atoms with van der Waals surface area (Å²) in [4.78, 5) is 4.39. The highest BCUT2D eigenvalue weighted by Crippen LogP contribution is 2.44. The first-order valence-corrected chi connectivity index (χ1v) is 10.0. The maximum atomic E-state index is 4.39. The van der Waals surface area contributed by atoms with Crippen molar-refractivity contribution in [2.24, 2.45) is 10.9 Å². The van der Waals surface area contributed by atoms with Gasteiger partial charge in [-0.2, -0.15) is 0 Å². The second-order valence-electron chi connectivity index (χ2n) is 7.24. The quantitative estimate of drug-likeness (QED) is 0.227. The molecule has 3 aromatic carbocycles. The van der Waals surface area contributed by atoms with Gasteiger partial charge in [0.1, 0.15) is 0 Å². The first-order chi connectivity index (χ1) is 13.8. The molecule has 0 spiro atoms. The fourth-order valence-corrected chi connectivity index (χ4v) is 4.19. The van der Waals surface area contributed by atoms with Crippen molar-refractivity contribution in [3.63, 3.8) is 0 Å². The van der Waals surface area contributed by atoms with Crippen LogP contribution in [-0.2, 0) is 5.41 Å². The van der Waals surface area contributed by atoms with E-state index >= 15 is 0 Å². The van der Waals surface area contributed by atoms with Crippen molar-refractivity contribution < 1.29 is 0 Å². The van der Waals surface area contributed by atoms with Gasteiger partial charge in [-0.25, -0.2) is 0 Å². The molecular weight excluding hydrogens is 338 g/mol. The minimum Gasteiger partial charge on any atom is -0.301 e. The summed E-state index contributed by atoms with van der Waals surface area (Å²) >= 11 is 0. The van der Waals surface area contributed by atoms with Crippen molar-refractivity contribution in [1.29, 1.82) is 0 Å². The second-order valence-corrected chi connectivity index (χ2v) is 7.24. The van der Waals surface area contributed by atoms with Gasteiger partial charge in [0.25, 0.3) is 0 Å². The van der Waals surface area contributed by atoms with Gasteiger partial charge in [-0.3, -0.25) is 0 Å². The van der Waals surface area contributed by atoms with Crippen molar-refractivity contribution in [1.82, 2.24) is 0 Å². The van der Waals surface area contributed by atoms with E-state index in [-0.39, 0.29) is 5.41 Å². The average Bonchev–Trinajstić information content (AvgIpc) is 2.77. The first kappa shape index (κ1) is 19.8. The summed E-state index contributed by atoms with van der Waals surface area (Å²) in [6, 6.07) is 32.7. The third-order valence-electron chi connectivity index (χ3n) is 5.47. The molecule has 1 heteroatoms. The highest BCUT2D eigenvalue weighted by molar-refractivity contribution is 5.62. The number of benzene rings is 3. The fourth-order valence-electron chi connectivity index (χ4n) is 4.19. The van der Waals surface area contributed by atoms with E-state index in [4.69, 9.17) is 0 Å². The first-order valence-electron chi connectivity index (χ1n) is 10.0. The Kier molecular flexibility index (Phi) is 6.97. The SMILES string of the molecule is C=CCCC(/C=N\C)CC(c1ccccc1)(c1ccccc1)c1ccccc1. The number of hydrogen-bond acceptors (Lipinski definition) is 1. The van der Waals surface area contributed by atoms with Crippen LogP contribution in [0.5, 0.6) is 0 Å². The van der Waals surface area contributed by atoms with Crippen LogP contribution in [0.1, 0.15) is 36.0 Å². The van der Waals surface area contributed by atoms with Crippen LogP contribution in [0.2, 0.25) is 0 Å². The van der Waals surface area contributed by atoms with Crippen LogP contribution in [0.25, 0.3) is 0 Å². The number of allylic oxidation sites excluding steroid dienone is 1. The minimum absolute atomic E-state index is 0.225. The normalized spacial score (nSPS) is 12.8. The summed E-state index contributed by atoms with van der Waals surface area (Å²) in [6.07, 6.45) is 7.13. The molecule has 28 heavy (non-hydrogen) atoms. The van der Waals surface area contributed by atoms with Crippen molar-refractivity contribution in [3.05, 3.63) is 120 Å². The van der Waals surface area contributed by atoms with Crippen LogP contribution in [0.3, 0.4) is 0 Å². The van der Waals surface area contributed by atoms with Crippen LogP contribution >= 0.6 is 0 Å². The molecule has 0 aliphatic rings. The molecule has 0 bridgehead atoms. The van der Waals surface area contributed by atoms with E-state index in [1.54, 1.807) is 0 Å². The molecular formula is C27H29N. The molecule has 3 aromatic rings. The van der Waals surface area contributed by atoms with Crippen LogP contribution in [0.15, 0.2) is 109 Å². The predicted molar refractivity (Wildman–Crippen MR) is 121 cm³/mol. The molecule has 0 aliphatic heterocycles. The molecule has 0 aromatic heterocycles. The van der Waals surface area contributed by atoms with Gasteiger partial charge in [0, 0.05) is 18.7 Å². The standard InChI is InChI=1S/C27H29N/c1-3-4-14-23(22-28-2)21-27(24-15-8-5-9-16-24,25-17-10-6-11-18-25)26-19-12-7-13-20-26/h3,5-13,15-20,22-23H,1,4,14,21H2,2H3/b28-22-. The van der Waals surface area contributed by atoms with Crippen LogP contribution < -0.4 is 0 Å². The molecule has 142 valence electrons. The molecule has 0 aliphatic carbocycles. The smallest absolute Gasteiger partial charge is 0.0457 e. The average molecular weight is 368 g/mol. The molecule has 0 saturated heterocycles. The molecule has 0 radical (unpaired) electrons. The zero-order valence-electron chi connectivity index (χ0n) is 16.7. The van der Waals surface area contributed by atoms with Gasteiger partial charge in [0.15, 0.2) is 0 Å². The van der Waals surface area contributed by atoms with E-state index in [0.29, 0.717) is 5.92 Å². The zero-order chi connectivity index (χ0) is 19.7. The van der Waals surface area contributed by atoms with Gasteiger partial charge in [-0.05, 0) is 41.9 Å². The van der Waals surface area contributed by atoms with Gasteiger partial charge < -0.3 is 4.99 Å². The van der Waals surface area contributed by atoms with Crippen molar-refractivity contribution in [2.45, 2.75) is 24.7 Å². The lowest BCUT2D eigenvalue weighted by Gasteiger charge is -2.38. The zero-order valence-corrected chi connectivity index (χ0v) is 16.7. The van der Waals surface area contributed by atoms with Crippen molar-refractivity contribution >= 4 is 6.21 Å². The van der Waals surface area contributed by atoms with Crippen LogP contribution in [-0.4, -0.2) is 13.3 Å². The Morgan fingerprint density at radius 2 is 1.21 bits per heavy atom. The predicted octanol–water partition coefficient (Wildman–Crippen LogP) is 6.69. The summed E-state index contributed by atoms with van der Waals surface area (Å²) in [5.41, 5.74) is 3.73. The maximum absolute atomic E-state index is 4.39. The summed E-state index contributed by atoms with van der Waals surface area (Å²) in [5.74, 6) is 0.364. The Morgan fingerprint density at radius 1 is 0.786 bits per heavy atom. The van der Waals surface area contributed by atoms with Gasteiger partial charge >= 0.3 is 0 Å². The lowest BCUT2D eigenvalue weighted by atomic mass is 9.64. The van der Waals surface area contributed by atoms with E-state index in [2.05, 4.69) is 109 Å². The van der Waals surface area contributed by atoms with E-state index in [1.807, 2.05) is 13.1 Å². The van der Waals surface area contributed by atoms with Crippen molar-refractivity contribution in [2.75, 3.05) is 7.05 Å². The van der Waals surface area contributed by atoms with E-state index < -0.39 is 0 Å². The molecule has 0 N–H and O–H groups in total. The van der Waals surface area contributed by atoms with Gasteiger partial charge in [-0.1, -0.05) is 97.1 Å². The van der Waals surface area contributed by atoms with Crippen LogP contribution in [0, 0.1) is 5.92 Å². The van der Waals surface area contributed by atoms with Crippen LogP contribution in [0.4, 0.5) is 0 Å². The number of aliphatic imine (C=N–C) groups is 1. The number of hydrogen-bond donors (Lipinski definition) is 0. The second kappa shape index (κ2) is 9.85. The van der Waals surface area contributed by atoms with E-state index in [9.17, 15) is 0 Å². The summed E-state index contributed by atoms with van der Waals surface area (Å²) in [5, 5.41) is 0. The van der Waals surface area contributed by atoms with E-state index in [1.165, 1.54) is 16.7 Å². The topological polar surface area (TPSA) is 12.4 Å². The third-order valence-corrected chi connectivity index (χ3v) is 5.47. The lowest BCUT2D eigenvalue weighted by molar-refractivity contribution is 0.466. The molecule has 0 heterocycles. The van der Waals surface area contributed by atoms with Crippen molar-refractivity contribution in [3.8, 4) is 0 Å². The Labute approximate surface area is 169 Å². The van der Waals surface area contributed by atoms with E-state index in [0.717, 1.165) is 19.3 Å². The number of nitrogens with zero attached hydrogens (tertiary/aromatic N) is 1. The molecule has 0 amide bonds. The molecule has 0 fully saturated rings. The molecule has 1 nitrogen and oxygen atoms in total. The molecule has 3 rings (SSSR count). The summed E-state index contributed by atoms with van der Waals surface area (Å²) in [7, 11) is 1.87. The molecule has 0 saturated carbocycles. The summed E-state index contributed by atoms with van der Waals surface area (Å²) < 4.78 is 0. The van der Waals surface area contributed by atoms with Gasteiger partial charge in [0.2, 0.25) is 0 Å². The largest absolute Gasteiger partial charge is 0.301 e.